The molecule has 1 heterocycles. The molecule has 4 heteroatoms. The van der Waals surface area contributed by atoms with E-state index in [1.807, 2.05) is 18.0 Å². The number of nitrogens with two attached hydrogens (primary N) is 1. The zero-order chi connectivity index (χ0) is 12.3. The maximum absolute atomic E-state index is 5.56. The monoisotopic (exact) mass is 228 g/mol. The lowest BCUT2D eigenvalue weighted by molar-refractivity contribution is 0.893. The molecule has 0 spiro atoms. The molecule has 4 nitrogen and oxygen atoms in total. The molecular weight excluding hydrogens is 212 g/mol. The van der Waals surface area contributed by atoms with E-state index < -0.39 is 0 Å². The minimum atomic E-state index is 0.304. The van der Waals surface area contributed by atoms with Gasteiger partial charge in [-0.15, -0.1) is 0 Å². The van der Waals surface area contributed by atoms with Crippen molar-refractivity contribution in [1.29, 1.82) is 0 Å². The normalized spacial score (nSPS) is 10.2. The molecule has 88 valence electrons. The molecule has 1 aromatic carbocycles. The molecule has 0 aliphatic rings. The van der Waals surface area contributed by atoms with Crippen LogP contribution in [0, 0.1) is 6.92 Å². The number of aryl methyl sites for hydroxylation is 1. The second-order valence-electron chi connectivity index (χ2n) is 4.11. The van der Waals surface area contributed by atoms with Gasteiger partial charge in [-0.05, 0) is 18.6 Å². The lowest BCUT2D eigenvalue weighted by atomic mass is 10.1. The van der Waals surface area contributed by atoms with Crippen LogP contribution in [0.3, 0.4) is 0 Å². The van der Waals surface area contributed by atoms with Gasteiger partial charge >= 0.3 is 0 Å². The summed E-state index contributed by atoms with van der Waals surface area (Å²) >= 11 is 0. The van der Waals surface area contributed by atoms with Crippen molar-refractivity contribution in [3.63, 3.8) is 0 Å². The van der Waals surface area contributed by atoms with Crippen molar-refractivity contribution in [2.45, 2.75) is 13.5 Å². The van der Waals surface area contributed by atoms with Crippen LogP contribution in [0.4, 0.5) is 11.8 Å². The van der Waals surface area contributed by atoms with Crippen molar-refractivity contribution in [2.24, 2.45) is 0 Å². The highest BCUT2D eigenvalue weighted by atomic mass is 15.2. The van der Waals surface area contributed by atoms with Gasteiger partial charge in [0.1, 0.15) is 5.82 Å². The third-order valence-corrected chi connectivity index (χ3v) is 2.59. The lowest BCUT2D eigenvalue weighted by Gasteiger charge is -2.18. The molecule has 1 aromatic heterocycles. The third kappa shape index (κ3) is 2.93. The Balaban J connectivity index is 2.11. The zero-order valence-electron chi connectivity index (χ0n) is 10.1. The number of nitrogens with zero attached hydrogens (tertiary/aromatic N) is 3. The first-order chi connectivity index (χ1) is 8.15. The van der Waals surface area contributed by atoms with Gasteiger partial charge in [0, 0.05) is 19.8 Å². The van der Waals surface area contributed by atoms with Crippen LogP contribution in [0.5, 0.6) is 0 Å². The average molecular weight is 228 g/mol. The molecule has 0 aliphatic carbocycles. The number of hydrogen-bond donors (Lipinski definition) is 1. The summed E-state index contributed by atoms with van der Waals surface area (Å²) in [5, 5.41) is 0. The smallest absolute Gasteiger partial charge is 0.221 e. The molecule has 0 saturated heterocycles. The fourth-order valence-electron chi connectivity index (χ4n) is 1.62. The number of aromatic nitrogens is 2. The minimum absolute atomic E-state index is 0.304. The van der Waals surface area contributed by atoms with Crippen molar-refractivity contribution < 1.29 is 0 Å². The second kappa shape index (κ2) is 4.82. The van der Waals surface area contributed by atoms with Gasteiger partial charge in [-0.3, -0.25) is 0 Å². The molecule has 0 saturated carbocycles. The molecular formula is C13H16N4. The Hall–Kier alpha value is -2.10. The van der Waals surface area contributed by atoms with Gasteiger partial charge in [-0.25, -0.2) is 4.98 Å². The highest BCUT2D eigenvalue weighted by molar-refractivity contribution is 5.41. The number of anilines is 2. The topological polar surface area (TPSA) is 55.0 Å². The summed E-state index contributed by atoms with van der Waals surface area (Å²) in [5.74, 6) is 1.14. The summed E-state index contributed by atoms with van der Waals surface area (Å²) in [6.07, 6.45) is 1.67. The Bertz CT molecular complexity index is 493. The molecule has 0 aliphatic heterocycles. The quantitative estimate of drug-likeness (QED) is 0.873. The Morgan fingerprint density at radius 1 is 1.18 bits per heavy atom. The van der Waals surface area contributed by atoms with E-state index in [0.717, 1.165) is 12.4 Å². The van der Waals surface area contributed by atoms with Gasteiger partial charge in [0.25, 0.3) is 0 Å². The second-order valence-corrected chi connectivity index (χ2v) is 4.11. The minimum Gasteiger partial charge on any atom is -0.368 e. The van der Waals surface area contributed by atoms with Crippen LogP contribution in [-0.2, 0) is 6.54 Å². The van der Waals surface area contributed by atoms with Crippen molar-refractivity contribution in [1.82, 2.24) is 9.97 Å². The van der Waals surface area contributed by atoms with E-state index in [2.05, 4.69) is 41.2 Å². The molecule has 0 unspecified atom stereocenters. The van der Waals surface area contributed by atoms with Crippen molar-refractivity contribution >= 4 is 11.8 Å². The van der Waals surface area contributed by atoms with Crippen molar-refractivity contribution in [3.8, 4) is 0 Å². The molecule has 17 heavy (non-hydrogen) atoms. The molecule has 0 fully saturated rings. The first kappa shape index (κ1) is 11.4. The van der Waals surface area contributed by atoms with E-state index in [4.69, 9.17) is 5.73 Å². The Labute approximate surface area is 101 Å². The van der Waals surface area contributed by atoms with E-state index in [-0.39, 0.29) is 0 Å². The summed E-state index contributed by atoms with van der Waals surface area (Å²) in [7, 11) is 1.99. The largest absolute Gasteiger partial charge is 0.368 e. The van der Waals surface area contributed by atoms with Crippen molar-refractivity contribution in [3.05, 3.63) is 47.7 Å². The van der Waals surface area contributed by atoms with Gasteiger partial charge < -0.3 is 10.6 Å². The molecule has 0 amide bonds. The number of rotatable bonds is 3. The summed E-state index contributed by atoms with van der Waals surface area (Å²) in [6.45, 7) is 2.88. The van der Waals surface area contributed by atoms with Gasteiger partial charge in [0.15, 0.2) is 0 Å². The fraction of sp³-hybridized carbons (Fsp3) is 0.231. The highest BCUT2D eigenvalue weighted by Gasteiger charge is 2.03. The van der Waals surface area contributed by atoms with E-state index in [1.54, 1.807) is 6.20 Å². The molecule has 0 atom stereocenters. The molecule has 2 N–H and O–H groups in total. The van der Waals surface area contributed by atoms with Gasteiger partial charge in [0.05, 0.1) is 0 Å². The first-order valence-electron chi connectivity index (χ1n) is 5.50. The number of hydrogen-bond acceptors (Lipinski definition) is 4. The average Bonchev–Trinajstić information content (AvgIpc) is 2.32. The van der Waals surface area contributed by atoms with E-state index >= 15 is 0 Å². The van der Waals surface area contributed by atoms with Crippen LogP contribution in [-0.4, -0.2) is 17.0 Å². The lowest BCUT2D eigenvalue weighted by Crippen LogP contribution is -2.18. The summed E-state index contributed by atoms with van der Waals surface area (Å²) < 4.78 is 0. The molecule has 0 radical (unpaired) electrons. The van der Waals surface area contributed by atoms with Gasteiger partial charge in [-0.1, -0.05) is 29.8 Å². The summed E-state index contributed by atoms with van der Waals surface area (Å²) in [4.78, 5) is 10.1. The predicted molar refractivity (Wildman–Crippen MR) is 69.7 cm³/mol. The van der Waals surface area contributed by atoms with Crippen LogP contribution < -0.4 is 10.6 Å². The van der Waals surface area contributed by atoms with Crippen molar-refractivity contribution in [2.75, 3.05) is 17.7 Å². The standard InChI is InChI=1S/C13H16N4/c1-10-3-5-11(6-4-10)9-17(2)12-7-8-15-13(14)16-12/h3-8H,9H2,1-2H3,(H2,14,15,16). The van der Waals surface area contributed by atoms with E-state index in [9.17, 15) is 0 Å². The predicted octanol–water partition coefficient (Wildman–Crippen LogP) is 2.00. The van der Waals surface area contributed by atoms with Crippen LogP contribution in [0.15, 0.2) is 36.5 Å². The Kier molecular flexibility index (Phi) is 3.23. The van der Waals surface area contributed by atoms with Crippen LogP contribution in [0.2, 0.25) is 0 Å². The van der Waals surface area contributed by atoms with Crippen LogP contribution in [0.1, 0.15) is 11.1 Å². The summed E-state index contributed by atoms with van der Waals surface area (Å²) in [6, 6.07) is 10.3. The maximum atomic E-state index is 5.56. The fourth-order valence-corrected chi connectivity index (χ4v) is 1.62. The molecule has 0 bridgehead atoms. The molecule has 2 aromatic rings. The van der Waals surface area contributed by atoms with Gasteiger partial charge in [-0.2, -0.15) is 4.98 Å². The highest BCUT2D eigenvalue weighted by Crippen LogP contribution is 2.13. The van der Waals surface area contributed by atoms with E-state index in [1.165, 1.54) is 11.1 Å². The van der Waals surface area contributed by atoms with Crippen LogP contribution >= 0.6 is 0 Å². The number of benzene rings is 1. The Morgan fingerprint density at radius 3 is 2.53 bits per heavy atom. The van der Waals surface area contributed by atoms with Crippen LogP contribution in [0.25, 0.3) is 0 Å². The van der Waals surface area contributed by atoms with Gasteiger partial charge in [0.2, 0.25) is 5.95 Å². The maximum Gasteiger partial charge on any atom is 0.221 e. The summed E-state index contributed by atoms with van der Waals surface area (Å²) in [5.41, 5.74) is 8.07. The third-order valence-electron chi connectivity index (χ3n) is 2.59. The SMILES string of the molecule is Cc1ccc(CN(C)c2ccnc(N)n2)cc1. The zero-order valence-corrected chi connectivity index (χ0v) is 10.1. The van der Waals surface area contributed by atoms with E-state index in [0.29, 0.717) is 5.95 Å². The molecule has 2 rings (SSSR count). The number of nitrogen functional groups attached to an aromatic ring is 1. The first-order valence-corrected chi connectivity index (χ1v) is 5.50. The Morgan fingerprint density at radius 2 is 1.88 bits per heavy atom.